The van der Waals surface area contributed by atoms with E-state index >= 15 is 0 Å². The molecule has 0 saturated heterocycles. The minimum atomic E-state index is -0.564. The highest BCUT2D eigenvalue weighted by molar-refractivity contribution is 9.10. The Balaban J connectivity index is 2.46. The first-order chi connectivity index (χ1) is 7.18. The SMILES string of the molecule is O=[N+]([O-])c1cn(-c2ncncc2Br)cn1. The third-order valence-electron chi connectivity index (χ3n) is 1.65. The summed E-state index contributed by atoms with van der Waals surface area (Å²) < 4.78 is 2.08. The summed E-state index contributed by atoms with van der Waals surface area (Å²) in [7, 11) is 0. The van der Waals surface area contributed by atoms with Crippen molar-refractivity contribution < 1.29 is 4.92 Å². The molecule has 2 aromatic heterocycles. The molecule has 0 unspecified atom stereocenters. The van der Waals surface area contributed by atoms with E-state index in [4.69, 9.17) is 0 Å². The highest BCUT2D eigenvalue weighted by atomic mass is 79.9. The molecule has 15 heavy (non-hydrogen) atoms. The van der Waals surface area contributed by atoms with Crippen LogP contribution in [0.5, 0.6) is 0 Å². The number of halogens is 1. The molecule has 0 N–H and O–H groups in total. The normalized spacial score (nSPS) is 10.2. The largest absolute Gasteiger partial charge is 0.381 e. The third kappa shape index (κ3) is 1.84. The molecule has 0 fully saturated rings. The first-order valence-corrected chi connectivity index (χ1v) is 4.62. The van der Waals surface area contributed by atoms with Crippen LogP contribution < -0.4 is 0 Å². The van der Waals surface area contributed by atoms with Crippen LogP contribution in [0.3, 0.4) is 0 Å². The molecule has 0 bridgehead atoms. The van der Waals surface area contributed by atoms with Gasteiger partial charge in [0.1, 0.15) is 12.5 Å². The van der Waals surface area contributed by atoms with E-state index in [1.54, 1.807) is 6.20 Å². The Morgan fingerprint density at radius 2 is 2.27 bits per heavy atom. The number of nitrogens with zero attached hydrogens (tertiary/aromatic N) is 5. The average Bonchev–Trinajstić information content (AvgIpc) is 2.67. The molecular weight excluding hydrogens is 266 g/mol. The standard InChI is InChI=1S/C7H4BrN5O2/c8-5-1-9-3-10-7(5)12-2-6(11-4-12)13(14)15/h1-4H. The summed E-state index contributed by atoms with van der Waals surface area (Å²) in [5.41, 5.74) is 0. The zero-order valence-electron chi connectivity index (χ0n) is 7.24. The smallest absolute Gasteiger partial charge is 0.358 e. The van der Waals surface area contributed by atoms with Gasteiger partial charge in [0.2, 0.25) is 6.33 Å². The van der Waals surface area contributed by atoms with Gasteiger partial charge in [-0.1, -0.05) is 0 Å². The average molecular weight is 270 g/mol. The van der Waals surface area contributed by atoms with E-state index in [-0.39, 0.29) is 5.82 Å². The van der Waals surface area contributed by atoms with Gasteiger partial charge in [0, 0.05) is 6.20 Å². The van der Waals surface area contributed by atoms with Gasteiger partial charge < -0.3 is 10.1 Å². The zero-order valence-corrected chi connectivity index (χ0v) is 8.83. The second-order valence-electron chi connectivity index (χ2n) is 2.59. The van der Waals surface area contributed by atoms with Crippen molar-refractivity contribution in [3.63, 3.8) is 0 Å². The van der Waals surface area contributed by atoms with Gasteiger partial charge in [0.05, 0.1) is 4.47 Å². The Kier molecular flexibility index (Phi) is 2.42. The van der Waals surface area contributed by atoms with Crippen molar-refractivity contribution in [3.05, 3.63) is 39.6 Å². The Bertz CT molecular complexity index is 512. The fraction of sp³-hybridized carbons (Fsp3) is 0. The van der Waals surface area contributed by atoms with E-state index < -0.39 is 4.92 Å². The second kappa shape index (κ2) is 3.73. The molecule has 7 nitrogen and oxygen atoms in total. The predicted molar refractivity (Wildman–Crippen MR) is 53.5 cm³/mol. The summed E-state index contributed by atoms with van der Waals surface area (Å²) in [6.07, 6.45) is 5.51. The summed E-state index contributed by atoms with van der Waals surface area (Å²) in [4.78, 5) is 21.2. The van der Waals surface area contributed by atoms with Crippen LogP contribution >= 0.6 is 15.9 Å². The summed E-state index contributed by atoms with van der Waals surface area (Å²) in [6, 6.07) is 0. The van der Waals surface area contributed by atoms with E-state index in [0.717, 1.165) is 0 Å². The quantitative estimate of drug-likeness (QED) is 0.606. The van der Waals surface area contributed by atoms with Gasteiger partial charge in [-0.2, -0.15) is 0 Å². The lowest BCUT2D eigenvalue weighted by Gasteiger charge is -1.99. The predicted octanol–water partition coefficient (Wildman–Crippen LogP) is 1.33. The molecule has 0 radical (unpaired) electrons. The van der Waals surface area contributed by atoms with Crippen LogP contribution in [0, 0.1) is 10.1 Å². The molecule has 0 atom stereocenters. The Labute approximate surface area is 92.1 Å². The first kappa shape index (κ1) is 9.71. The van der Waals surface area contributed by atoms with Gasteiger partial charge in [0.25, 0.3) is 0 Å². The van der Waals surface area contributed by atoms with Crippen LogP contribution in [0.1, 0.15) is 0 Å². The Morgan fingerprint density at radius 3 is 2.87 bits per heavy atom. The van der Waals surface area contributed by atoms with Crippen molar-refractivity contribution in [1.29, 1.82) is 0 Å². The van der Waals surface area contributed by atoms with E-state index in [9.17, 15) is 10.1 Å². The minimum Gasteiger partial charge on any atom is -0.358 e. The molecule has 0 aliphatic heterocycles. The Morgan fingerprint density at radius 1 is 1.47 bits per heavy atom. The van der Waals surface area contributed by atoms with Gasteiger partial charge in [-0.15, -0.1) is 0 Å². The minimum absolute atomic E-state index is 0.222. The summed E-state index contributed by atoms with van der Waals surface area (Å²) in [5, 5.41) is 10.4. The van der Waals surface area contributed by atoms with Crippen molar-refractivity contribution in [2.75, 3.05) is 0 Å². The van der Waals surface area contributed by atoms with Gasteiger partial charge in [-0.05, 0) is 25.8 Å². The van der Waals surface area contributed by atoms with Crippen LogP contribution in [0.4, 0.5) is 5.82 Å². The number of nitro groups is 1. The lowest BCUT2D eigenvalue weighted by Crippen LogP contribution is -1.96. The molecule has 0 aliphatic rings. The van der Waals surface area contributed by atoms with Crippen LogP contribution in [0.15, 0.2) is 29.5 Å². The maximum Gasteiger partial charge on any atom is 0.381 e. The van der Waals surface area contributed by atoms with Gasteiger partial charge in [-0.25, -0.2) is 9.97 Å². The van der Waals surface area contributed by atoms with Crippen molar-refractivity contribution in [3.8, 4) is 5.82 Å². The van der Waals surface area contributed by atoms with Crippen molar-refractivity contribution in [2.24, 2.45) is 0 Å². The highest BCUT2D eigenvalue weighted by Gasteiger charge is 2.12. The molecular formula is C7H4BrN5O2. The maximum absolute atomic E-state index is 10.4. The van der Waals surface area contributed by atoms with Crippen molar-refractivity contribution in [2.45, 2.75) is 0 Å². The van der Waals surface area contributed by atoms with E-state index in [0.29, 0.717) is 10.3 Å². The van der Waals surface area contributed by atoms with Gasteiger partial charge in [-0.3, -0.25) is 4.57 Å². The molecule has 76 valence electrons. The third-order valence-corrected chi connectivity index (χ3v) is 2.21. The summed E-state index contributed by atoms with van der Waals surface area (Å²) in [5.74, 6) is 0.283. The van der Waals surface area contributed by atoms with Crippen molar-refractivity contribution in [1.82, 2.24) is 19.5 Å². The maximum atomic E-state index is 10.4. The molecule has 2 aromatic rings. The first-order valence-electron chi connectivity index (χ1n) is 3.83. The van der Waals surface area contributed by atoms with Crippen LogP contribution in [0.2, 0.25) is 0 Å². The van der Waals surface area contributed by atoms with E-state index in [1.807, 2.05) is 0 Å². The lowest BCUT2D eigenvalue weighted by molar-refractivity contribution is -0.389. The molecule has 0 spiro atoms. The number of aromatic nitrogens is 4. The second-order valence-corrected chi connectivity index (χ2v) is 3.44. The summed E-state index contributed by atoms with van der Waals surface area (Å²) in [6.45, 7) is 0. The molecule has 2 rings (SSSR count). The van der Waals surface area contributed by atoms with Crippen LogP contribution in [0.25, 0.3) is 5.82 Å². The molecule has 0 aromatic carbocycles. The fourth-order valence-corrected chi connectivity index (χ4v) is 1.44. The molecule has 0 saturated carbocycles. The number of rotatable bonds is 2. The monoisotopic (exact) mass is 269 g/mol. The van der Waals surface area contributed by atoms with E-state index in [1.165, 1.54) is 23.4 Å². The highest BCUT2D eigenvalue weighted by Crippen LogP contribution is 2.18. The Hall–Kier alpha value is -1.83. The number of hydrogen-bond donors (Lipinski definition) is 0. The number of imidazole rings is 1. The van der Waals surface area contributed by atoms with Crippen LogP contribution in [-0.2, 0) is 0 Å². The summed E-state index contributed by atoms with van der Waals surface area (Å²) >= 11 is 3.24. The number of hydrogen-bond acceptors (Lipinski definition) is 5. The molecule has 8 heteroatoms. The van der Waals surface area contributed by atoms with Gasteiger partial charge >= 0.3 is 5.82 Å². The fourth-order valence-electron chi connectivity index (χ4n) is 1.02. The van der Waals surface area contributed by atoms with Crippen LogP contribution in [-0.4, -0.2) is 24.4 Å². The topological polar surface area (TPSA) is 86.7 Å². The molecule has 0 amide bonds. The lowest BCUT2D eigenvalue weighted by atomic mass is 10.6. The van der Waals surface area contributed by atoms with Gasteiger partial charge in [0.15, 0.2) is 5.82 Å². The zero-order chi connectivity index (χ0) is 10.8. The molecule has 2 heterocycles. The molecule has 0 aliphatic carbocycles. The van der Waals surface area contributed by atoms with Crippen molar-refractivity contribution >= 4 is 21.7 Å². The van der Waals surface area contributed by atoms with E-state index in [2.05, 4.69) is 30.9 Å².